The lowest BCUT2D eigenvalue weighted by Crippen LogP contribution is -2.33. The number of rotatable bonds is 3. The van der Waals surface area contributed by atoms with Crippen molar-refractivity contribution in [1.29, 1.82) is 0 Å². The van der Waals surface area contributed by atoms with Crippen molar-refractivity contribution in [1.82, 2.24) is 0 Å². The summed E-state index contributed by atoms with van der Waals surface area (Å²) in [6.07, 6.45) is 0. The highest BCUT2D eigenvalue weighted by atomic mass is 16.6. The van der Waals surface area contributed by atoms with Gasteiger partial charge in [-0.1, -0.05) is 18.2 Å². The van der Waals surface area contributed by atoms with Gasteiger partial charge in [-0.2, -0.15) is 0 Å². The zero-order valence-corrected chi connectivity index (χ0v) is 17.6. The average molecular weight is 418 g/mol. The summed E-state index contributed by atoms with van der Waals surface area (Å²) in [6.45, 7) is 6.95. The first-order valence-electron chi connectivity index (χ1n) is 9.79. The predicted octanol–water partition coefficient (Wildman–Crippen LogP) is 4.49. The summed E-state index contributed by atoms with van der Waals surface area (Å²) in [6, 6.07) is 11.2. The van der Waals surface area contributed by atoms with Crippen LogP contribution in [0, 0.1) is 27.7 Å². The second-order valence-electron chi connectivity index (χ2n) is 8.02. The largest absolute Gasteiger partial charge is 0.508 e. The Hall–Kier alpha value is -3.80. The Labute approximate surface area is 179 Å². The van der Waals surface area contributed by atoms with Gasteiger partial charge in [-0.3, -0.25) is 0 Å². The van der Waals surface area contributed by atoms with Gasteiger partial charge in [-0.05, 0) is 74.2 Å². The van der Waals surface area contributed by atoms with E-state index in [4.69, 9.17) is 4.74 Å². The minimum Gasteiger partial charge on any atom is -0.508 e. The molecule has 0 bridgehead atoms. The average Bonchev–Trinajstić information content (AvgIpc) is 3.01. The van der Waals surface area contributed by atoms with Gasteiger partial charge in [-0.25, -0.2) is 9.59 Å². The van der Waals surface area contributed by atoms with E-state index in [1.807, 2.05) is 0 Å². The summed E-state index contributed by atoms with van der Waals surface area (Å²) >= 11 is 0. The van der Waals surface area contributed by atoms with Crippen molar-refractivity contribution in [2.24, 2.45) is 0 Å². The van der Waals surface area contributed by atoms with Crippen molar-refractivity contribution in [3.05, 3.63) is 92.5 Å². The fraction of sp³-hybridized carbons (Fsp3) is 0.200. The number of phenols is 2. The number of hydrogen-bond acceptors (Lipinski definition) is 5. The molecule has 0 saturated heterocycles. The number of carbonyl (C=O) groups excluding carboxylic acids is 1. The maximum atomic E-state index is 13.0. The number of benzene rings is 3. The van der Waals surface area contributed by atoms with Gasteiger partial charge in [0.2, 0.25) is 0 Å². The fourth-order valence-electron chi connectivity index (χ4n) is 4.46. The second kappa shape index (κ2) is 6.87. The van der Waals surface area contributed by atoms with Crippen LogP contribution in [-0.4, -0.2) is 27.3 Å². The van der Waals surface area contributed by atoms with Crippen molar-refractivity contribution < 1.29 is 29.6 Å². The molecule has 0 fully saturated rings. The number of esters is 1. The highest BCUT2D eigenvalue weighted by Crippen LogP contribution is 2.52. The van der Waals surface area contributed by atoms with E-state index in [2.05, 4.69) is 0 Å². The van der Waals surface area contributed by atoms with E-state index in [1.165, 1.54) is 18.2 Å². The first kappa shape index (κ1) is 20.5. The Morgan fingerprint density at radius 1 is 0.871 bits per heavy atom. The van der Waals surface area contributed by atoms with E-state index in [0.717, 1.165) is 0 Å². The van der Waals surface area contributed by atoms with Crippen molar-refractivity contribution in [3.8, 4) is 11.5 Å². The molecule has 0 atom stereocenters. The third-order valence-corrected chi connectivity index (χ3v) is 5.92. The van der Waals surface area contributed by atoms with Crippen molar-refractivity contribution >= 4 is 11.9 Å². The SMILES string of the molecule is Cc1cc(O)c(C)c(C2(c3cc(C)cc(O)c3C)OC(=O)c3cccc(C(=O)O)c32)c1. The molecule has 31 heavy (non-hydrogen) atoms. The third kappa shape index (κ3) is 2.86. The molecule has 0 unspecified atom stereocenters. The maximum Gasteiger partial charge on any atom is 0.340 e. The molecule has 1 aliphatic heterocycles. The Balaban J connectivity index is 2.27. The molecule has 158 valence electrons. The van der Waals surface area contributed by atoms with Gasteiger partial charge in [0.15, 0.2) is 5.60 Å². The van der Waals surface area contributed by atoms with Crippen LogP contribution in [0.4, 0.5) is 0 Å². The molecule has 3 aromatic carbocycles. The molecule has 0 saturated carbocycles. The molecule has 0 amide bonds. The van der Waals surface area contributed by atoms with Crippen molar-refractivity contribution in [3.63, 3.8) is 0 Å². The number of carboxylic acids is 1. The highest BCUT2D eigenvalue weighted by molar-refractivity contribution is 6.02. The van der Waals surface area contributed by atoms with Crippen LogP contribution in [0.3, 0.4) is 0 Å². The monoisotopic (exact) mass is 418 g/mol. The quantitative estimate of drug-likeness (QED) is 0.542. The number of cyclic esters (lactones) is 1. The molecule has 0 aliphatic carbocycles. The lowest BCUT2D eigenvalue weighted by molar-refractivity contribution is 0.0240. The summed E-state index contributed by atoms with van der Waals surface area (Å²) in [7, 11) is 0. The van der Waals surface area contributed by atoms with Gasteiger partial charge in [0.05, 0.1) is 11.1 Å². The third-order valence-electron chi connectivity index (χ3n) is 5.92. The smallest absolute Gasteiger partial charge is 0.340 e. The van der Waals surface area contributed by atoms with Crippen LogP contribution in [0.1, 0.15) is 59.7 Å². The Morgan fingerprint density at radius 3 is 1.87 bits per heavy atom. The number of hydrogen-bond donors (Lipinski definition) is 3. The highest BCUT2D eigenvalue weighted by Gasteiger charge is 2.53. The lowest BCUT2D eigenvalue weighted by atomic mass is 9.74. The molecular formula is C25H22O6. The molecule has 6 nitrogen and oxygen atoms in total. The van der Waals surface area contributed by atoms with Crippen LogP contribution >= 0.6 is 0 Å². The normalized spacial score (nSPS) is 14.3. The number of phenolic OH excluding ortho intramolecular Hbond substituents is 2. The van der Waals surface area contributed by atoms with Gasteiger partial charge in [0.25, 0.3) is 0 Å². The molecule has 0 radical (unpaired) electrons. The number of ether oxygens (including phenoxy) is 1. The first-order valence-corrected chi connectivity index (χ1v) is 9.79. The fourth-order valence-corrected chi connectivity index (χ4v) is 4.46. The van der Waals surface area contributed by atoms with E-state index in [-0.39, 0.29) is 28.2 Å². The molecule has 4 rings (SSSR count). The maximum absolute atomic E-state index is 13.0. The van der Waals surface area contributed by atoms with Crippen LogP contribution in [0.25, 0.3) is 0 Å². The van der Waals surface area contributed by atoms with Gasteiger partial charge in [-0.15, -0.1) is 0 Å². The van der Waals surface area contributed by atoms with E-state index < -0.39 is 17.5 Å². The number of aromatic carboxylic acids is 1. The van der Waals surface area contributed by atoms with Crippen molar-refractivity contribution in [2.45, 2.75) is 33.3 Å². The second-order valence-corrected chi connectivity index (χ2v) is 8.02. The topological polar surface area (TPSA) is 104 Å². The standard InChI is InChI=1S/C25H22O6/c1-12-8-18(14(3)20(26)10-12)25(19-9-13(2)11-21(27)15(19)4)22-16(23(28)29)6-5-7-17(22)24(30)31-25/h5-11,26-27H,1-4H3,(H,28,29). The molecule has 6 heteroatoms. The summed E-state index contributed by atoms with van der Waals surface area (Å²) in [5.74, 6) is -1.87. The van der Waals surface area contributed by atoms with Crippen LogP contribution in [0.2, 0.25) is 0 Å². The molecule has 3 aromatic rings. The zero-order valence-electron chi connectivity index (χ0n) is 17.6. The lowest BCUT2D eigenvalue weighted by Gasteiger charge is -2.34. The predicted molar refractivity (Wildman–Crippen MR) is 114 cm³/mol. The van der Waals surface area contributed by atoms with E-state index >= 15 is 0 Å². The number of carbonyl (C=O) groups is 2. The van der Waals surface area contributed by atoms with Gasteiger partial charge < -0.3 is 20.1 Å². The molecule has 1 aliphatic rings. The molecule has 0 spiro atoms. The van der Waals surface area contributed by atoms with E-state index in [1.54, 1.807) is 52.0 Å². The van der Waals surface area contributed by atoms with E-state index in [9.17, 15) is 24.9 Å². The van der Waals surface area contributed by atoms with Gasteiger partial charge in [0.1, 0.15) is 11.5 Å². The number of aromatic hydroxyl groups is 2. The summed E-state index contributed by atoms with van der Waals surface area (Å²) in [4.78, 5) is 25.2. The molecule has 0 aromatic heterocycles. The molecule has 3 N–H and O–H groups in total. The Bertz CT molecular complexity index is 1210. The van der Waals surface area contributed by atoms with Crippen LogP contribution < -0.4 is 0 Å². The number of fused-ring (bicyclic) bond motifs is 1. The minimum atomic E-state index is -1.65. The van der Waals surface area contributed by atoms with Gasteiger partial charge >= 0.3 is 11.9 Å². The summed E-state index contributed by atoms with van der Waals surface area (Å²) in [5, 5.41) is 31.1. The van der Waals surface area contributed by atoms with Gasteiger partial charge in [0, 0.05) is 16.7 Å². The Morgan fingerprint density at radius 2 is 1.39 bits per heavy atom. The molecule has 1 heterocycles. The minimum absolute atomic E-state index is 0.00112. The van der Waals surface area contributed by atoms with E-state index in [0.29, 0.717) is 33.4 Å². The van der Waals surface area contributed by atoms with Crippen LogP contribution in [0.5, 0.6) is 11.5 Å². The number of carboxylic acid groups (broad SMARTS) is 1. The van der Waals surface area contributed by atoms with Crippen LogP contribution in [0.15, 0.2) is 42.5 Å². The zero-order chi connectivity index (χ0) is 22.7. The molecular weight excluding hydrogens is 396 g/mol. The first-order chi connectivity index (χ1) is 14.6. The van der Waals surface area contributed by atoms with Crippen LogP contribution in [-0.2, 0) is 10.3 Å². The Kier molecular flexibility index (Phi) is 4.54. The summed E-state index contributed by atoms with van der Waals surface area (Å²) < 4.78 is 6.04. The van der Waals surface area contributed by atoms with Crippen molar-refractivity contribution in [2.75, 3.05) is 0 Å². The summed E-state index contributed by atoms with van der Waals surface area (Å²) in [5.41, 5.74) is 1.81. The number of aryl methyl sites for hydroxylation is 2.